The van der Waals surface area contributed by atoms with Crippen molar-refractivity contribution in [3.05, 3.63) is 35.3 Å². The molecule has 1 aromatic rings. The van der Waals surface area contributed by atoms with Gasteiger partial charge in [0, 0.05) is 29.6 Å². The van der Waals surface area contributed by atoms with Crippen molar-refractivity contribution in [2.45, 2.75) is 104 Å². The SMILES string of the molecule is CC(C)N1[C]N(C(C)C)c2cc(OCCCCCCCCCCCCN=[N+]=[N-])ccc21. The minimum Gasteiger partial charge on any atom is -0.494 e. The van der Waals surface area contributed by atoms with Crippen LogP contribution in [0.4, 0.5) is 11.4 Å². The summed E-state index contributed by atoms with van der Waals surface area (Å²) in [5.74, 6) is 0.956. The zero-order valence-corrected chi connectivity index (χ0v) is 20.0. The highest BCUT2D eigenvalue weighted by Gasteiger charge is 2.31. The molecule has 0 saturated carbocycles. The van der Waals surface area contributed by atoms with Crippen LogP contribution in [0.3, 0.4) is 0 Å². The molecular formula is C25H41N5O. The van der Waals surface area contributed by atoms with Crippen molar-refractivity contribution < 1.29 is 4.74 Å². The summed E-state index contributed by atoms with van der Waals surface area (Å²) in [6, 6.07) is 7.18. The Balaban J connectivity index is 1.57. The molecule has 2 rings (SSSR count). The van der Waals surface area contributed by atoms with E-state index in [2.05, 4.69) is 72.4 Å². The molecule has 1 aliphatic rings. The Labute approximate surface area is 189 Å². The zero-order chi connectivity index (χ0) is 22.5. The molecule has 0 spiro atoms. The first-order chi connectivity index (χ1) is 15.0. The fourth-order valence-electron chi connectivity index (χ4n) is 3.93. The van der Waals surface area contributed by atoms with Crippen molar-refractivity contribution in [3.63, 3.8) is 0 Å². The van der Waals surface area contributed by atoms with Gasteiger partial charge in [0.1, 0.15) is 5.75 Å². The minimum atomic E-state index is 0.371. The van der Waals surface area contributed by atoms with E-state index < -0.39 is 0 Å². The van der Waals surface area contributed by atoms with E-state index in [1.807, 2.05) is 0 Å². The van der Waals surface area contributed by atoms with Crippen molar-refractivity contribution >= 4 is 11.4 Å². The van der Waals surface area contributed by atoms with Gasteiger partial charge in [-0.1, -0.05) is 56.5 Å². The number of nitrogens with zero attached hydrogens (tertiary/aromatic N) is 5. The highest BCUT2D eigenvalue weighted by atomic mass is 16.5. The van der Waals surface area contributed by atoms with Crippen LogP contribution in [0.2, 0.25) is 0 Å². The van der Waals surface area contributed by atoms with E-state index in [0.29, 0.717) is 18.6 Å². The van der Waals surface area contributed by atoms with Crippen LogP contribution in [0.25, 0.3) is 10.4 Å². The van der Waals surface area contributed by atoms with Crippen molar-refractivity contribution in [1.82, 2.24) is 0 Å². The third kappa shape index (κ3) is 8.53. The molecule has 0 atom stereocenters. The molecule has 0 unspecified atom stereocenters. The molecule has 0 amide bonds. The van der Waals surface area contributed by atoms with E-state index in [9.17, 15) is 0 Å². The van der Waals surface area contributed by atoms with Gasteiger partial charge in [-0.15, -0.1) is 0 Å². The van der Waals surface area contributed by atoms with Gasteiger partial charge < -0.3 is 14.5 Å². The largest absolute Gasteiger partial charge is 0.494 e. The van der Waals surface area contributed by atoms with E-state index in [1.165, 1.54) is 62.7 Å². The molecule has 1 aromatic carbocycles. The van der Waals surface area contributed by atoms with Gasteiger partial charge in [-0.25, -0.2) is 0 Å². The number of ether oxygens (including phenoxy) is 1. The summed E-state index contributed by atoms with van der Waals surface area (Å²) in [5.41, 5.74) is 10.6. The summed E-state index contributed by atoms with van der Waals surface area (Å²) < 4.78 is 6.05. The topological polar surface area (TPSA) is 64.5 Å². The number of anilines is 2. The smallest absolute Gasteiger partial charge is 0.209 e. The van der Waals surface area contributed by atoms with Gasteiger partial charge >= 0.3 is 0 Å². The summed E-state index contributed by atoms with van der Waals surface area (Å²) in [6.45, 7) is 13.7. The number of hydrogen-bond acceptors (Lipinski definition) is 4. The summed E-state index contributed by atoms with van der Waals surface area (Å²) in [5, 5.41) is 3.57. The molecule has 0 fully saturated rings. The van der Waals surface area contributed by atoms with Gasteiger partial charge in [0.15, 0.2) is 0 Å². The van der Waals surface area contributed by atoms with Gasteiger partial charge in [-0.05, 0) is 58.2 Å². The fraction of sp³-hybridized carbons (Fsp3) is 0.720. The summed E-state index contributed by atoms with van der Waals surface area (Å²) >= 11 is 0. The predicted octanol–water partition coefficient (Wildman–Crippen LogP) is 7.72. The number of azide groups is 1. The van der Waals surface area contributed by atoms with Crippen LogP contribution in [0.1, 0.15) is 91.9 Å². The van der Waals surface area contributed by atoms with Crippen molar-refractivity contribution in [2.75, 3.05) is 23.0 Å². The molecule has 31 heavy (non-hydrogen) atoms. The third-order valence-electron chi connectivity index (χ3n) is 5.70. The second kappa shape index (κ2) is 14.1. The molecular weight excluding hydrogens is 386 g/mol. The minimum absolute atomic E-state index is 0.371. The monoisotopic (exact) mass is 427 g/mol. The zero-order valence-electron chi connectivity index (χ0n) is 20.0. The maximum absolute atomic E-state index is 8.23. The highest BCUT2D eigenvalue weighted by Crippen LogP contribution is 2.42. The van der Waals surface area contributed by atoms with Gasteiger partial charge in [-0.2, -0.15) is 0 Å². The van der Waals surface area contributed by atoms with Gasteiger partial charge in [0.05, 0.1) is 18.0 Å². The number of unbranched alkanes of at least 4 members (excludes halogenated alkanes) is 9. The Morgan fingerprint density at radius 2 is 1.39 bits per heavy atom. The first-order valence-corrected chi connectivity index (χ1v) is 12.2. The van der Waals surface area contributed by atoms with Crippen LogP contribution in [-0.4, -0.2) is 25.2 Å². The van der Waals surface area contributed by atoms with Crippen LogP contribution in [0.15, 0.2) is 23.3 Å². The van der Waals surface area contributed by atoms with E-state index in [0.717, 1.165) is 25.2 Å². The normalized spacial score (nSPS) is 13.1. The first kappa shape index (κ1) is 25.2. The molecule has 0 bridgehead atoms. The lowest BCUT2D eigenvalue weighted by Gasteiger charge is -2.24. The molecule has 0 saturated heterocycles. The Bertz CT molecular complexity index is 684. The Hall–Kier alpha value is -2.07. The second-order valence-electron chi connectivity index (χ2n) is 9.02. The Morgan fingerprint density at radius 3 is 1.97 bits per heavy atom. The third-order valence-corrected chi connectivity index (χ3v) is 5.70. The lowest BCUT2D eigenvalue weighted by molar-refractivity contribution is 0.304. The van der Waals surface area contributed by atoms with Crippen LogP contribution < -0.4 is 14.5 Å². The molecule has 6 nitrogen and oxygen atoms in total. The maximum atomic E-state index is 8.23. The fourth-order valence-corrected chi connectivity index (χ4v) is 3.93. The molecule has 6 heteroatoms. The summed E-state index contributed by atoms with van der Waals surface area (Å²) in [4.78, 5) is 7.20. The van der Waals surface area contributed by atoms with Gasteiger partial charge in [-0.3, -0.25) is 0 Å². The molecule has 2 radical (unpaired) electrons. The lowest BCUT2D eigenvalue weighted by Crippen LogP contribution is -2.33. The summed E-state index contributed by atoms with van der Waals surface area (Å²) in [6.07, 6.45) is 12.4. The van der Waals surface area contributed by atoms with Crippen LogP contribution in [-0.2, 0) is 0 Å². The predicted molar refractivity (Wildman–Crippen MR) is 131 cm³/mol. The Morgan fingerprint density at radius 1 is 0.839 bits per heavy atom. The van der Waals surface area contributed by atoms with Gasteiger partial charge in [0.25, 0.3) is 0 Å². The van der Waals surface area contributed by atoms with E-state index >= 15 is 0 Å². The maximum Gasteiger partial charge on any atom is 0.209 e. The van der Waals surface area contributed by atoms with Gasteiger partial charge in [0.2, 0.25) is 6.67 Å². The number of rotatable bonds is 16. The molecule has 1 heterocycles. The Kier molecular flexibility index (Phi) is 11.4. The number of benzene rings is 1. The average Bonchev–Trinajstić information content (AvgIpc) is 3.13. The molecule has 1 aliphatic heterocycles. The second-order valence-corrected chi connectivity index (χ2v) is 9.02. The quantitative estimate of drug-likeness (QED) is 0.117. The van der Waals surface area contributed by atoms with Crippen molar-refractivity contribution in [3.8, 4) is 5.75 Å². The number of hydrogen-bond donors (Lipinski definition) is 0. The molecule has 0 aliphatic carbocycles. The highest BCUT2D eigenvalue weighted by molar-refractivity contribution is 5.80. The molecule has 0 aromatic heterocycles. The van der Waals surface area contributed by atoms with Crippen molar-refractivity contribution in [2.24, 2.45) is 5.11 Å². The van der Waals surface area contributed by atoms with E-state index in [-0.39, 0.29) is 0 Å². The standard InChI is InChI=1S/C25H41N5O/c1-21(2)29-20-30(22(3)4)25-19-23(15-16-24(25)29)31-18-14-12-10-8-6-5-7-9-11-13-17-27-28-26/h15-16,19,21-22H,5-14,17-18H2,1-4H3. The molecule has 0 N–H and O–H groups in total. The molecule has 172 valence electrons. The lowest BCUT2D eigenvalue weighted by atomic mass is 10.1. The summed E-state index contributed by atoms with van der Waals surface area (Å²) in [7, 11) is 0. The van der Waals surface area contributed by atoms with Crippen LogP contribution >= 0.6 is 0 Å². The van der Waals surface area contributed by atoms with E-state index in [4.69, 9.17) is 10.3 Å². The first-order valence-electron chi connectivity index (χ1n) is 12.2. The average molecular weight is 428 g/mol. The van der Waals surface area contributed by atoms with Crippen molar-refractivity contribution in [1.29, 1.82) is 0 Å². The number of fused-ring (bicyclic) bond motifs is 1. The van der Waals surface area contributed by atoms with Crippen LogP contribution in [0.5, 0.6) is 5.75 Å². The van der Waals surface area contributed by atoms with E-state index in [1.54, 1.807) is 0 Å². The van der Waals surface area contributed by atoms with Crippen LogP contribution in [0, 0.1) is 6.67 Å².